The van der Waals surface area contributed by atoms with Crippen LogP contribution in [-0.2, 0) is 26.3 Å². The molecule has 33 heavy (non-hydrogen) atoms. The highest BCUT2D eigenvalue weighted by atomic mass is 35.5. The minimum Gasteiger partial charge on any atom is -0.489 e. The normalized spacial score (nSPS) is 11.1. The highest BCUT2D eigenvalue weighted by Crippen LogP contribution is 2.29. The fourth-order valence-electron chi connectivity index (χ4n) is 3.43. The van der Waals surface area contributed by atoms with E-state index in [1.807, 2.05) is 42.5 Å². The zero-order chi connectivity index (χ0) is 23.2. The Morgan fingerprint density at radius 1 is 1.18 bits per heavy atom. The first-order valence-electron chi connectivity index (χ1n) is 10.6. The average Bonchev–Trinajstić information content (AvgIpc) is 3.47. The molecule has 172 valence electrons. The van der Waals surface area contributed by atoms with Crippen molar-refractivity contribution in [1.29, 1.82) is 0 Å². The Bertz CT molecular complexity index is 1250. The molecule has 0 amide bonds. The minimum atomic E-state index is -0.436. The number of ether oxygens (including phenoxy) is 1. The number of H-pyrrole nitrogens is 1. The molecule has 0 radical (unpaired) electrons. The van der Waals surface area contributed by atoms with Gasteiger partial charge in [0, 0.05) is 17.5 Å². The van der Waals surface area contributed by atoms with Gasteiger partial charge >= 0.3 is 5.69 Å². The van der Waals surface area contributed by atoms with Crippen LogP contribution in [0.15, 0.2) is 47.3 Å². The summed E-state index contributed by atoms with van der Waals surface area (Å²) < 4.78 is 8.59. The number of aliphatic hydroxyl groups is 1. The third kappa shape index (κ3) is 5.12. The number of benzene rings is 2. The number of hydrogen-bond acceptors (Lipinski definition) is 7. The van der Waals surface area contributed by atoms with Crippen molar-refractivity contribution in [2.24, 2.45) is 0 Å². The van der Waals surface area contributed by atoms with Gasteiger partial charge in [-0.15, -0.1) is 10.2 Å². The van der Waals surface area contributed by atoms with Gasteiger partial charge < -0.3 is 9.84 Å². The summed E-state index contributed by atoms with van der Waals surface area (Å²) in [4.78, 5) is 12.5. The van der Waals surface area contributed by atoms with Gasteiger partial charge in [-0.25, -0.2) is 4.79 Å². The van der Waals surface area contributed by atoms with E-state index in [1.165, 1.54) is 0 Å². The summed E-state index contributed by atoms with van der Waals surface area (Å²) in [6.07, 6.45) is 2.60. The van der Waals surface area contributed by atoms with Crippen LogP contribution in [0.4, 0.5) is 0 Å². The predicted molar refractivity (Wildman–Crippen MR) is 122 cm³/mol. The molecule has 2 heterocycles. The summed E-state index contributed by atoms with van der Waals surface area (Å²) in [5, 5.41) is 28.1. The quantitative estimate of drug-likeness (QED) is 0.366. The molecule has 0 unspecified atom stereocenters. The van der Waals surface area contributed by atoms with Gasteiger partial charge in [-0.2, -0.15) is 15.0 Å². The molecule has 0 spiro atoms. The van der Waals surface area contributed by atoms with Crippen molar-refractivity contribution in [3.8, 4) is 17.1 Å². The lowest BCUT2D eigenvalue weighted by atomic mass is 10.1. The van der Waals surface area contributed by atoms with E-state index in [1.54, 1.807) is 4.57 Å². The van der Waals surface area contributed by atoms with Crippen molar-refractivity contribution >= 4 is 11.6 Å². The SMILES string of the molecule is CCCCc1nn(CO)c(=O)n1Cc1ccc(OCc2cccc(-c3nn[nH]n3)c2Cl)cc1. The predicted octanol–water partition coefficient (Wildman–Crippen LogP) is 2.80. The van der Waals surface area contributed by atoms with Crippen molar-refractivity contribution in [1.82, 2.24) is 35.0 Å². The largest absolute Gasteiger partial charge is 0.489 e. The van der Waals surface area contributed by atoms with E-state index < -0.39 is 6.73 Å². The molecule has 0 aliphatic rings. The number of aliphatic hydroxyl groups excluding tert-OH is 1. The van der Waals surface area contributed by atoms with Crippen LogP contribution in [0, 0.1) is 0 Å². The second-order valence-electron chi connectivity index (χ2n) is 7.48. The van der Waals surface area contributed by atoms with Crippen LogP contribution in [-0.4, -0.2) is 40.1 Å². The van der Waals surface area contributed by atoms with E-state index in [2.05, 4.69) is 32.6 Å². The highest BCUT2D eigenvalue weighted by molar-refractivity contribution is 6.33. The average molecular weight is 470 g/mol. The van der Waals surface area contributed by atoms with Gasteiger partial charge in [0.1, 0.15) is 24.9 Å². The fraction of sp³-hybridized carbons (Fsp3) is 0.318. The van der Waals surface area contributed by atoms with Crippen LogP contribution in [0.3, 0.4) is 0 Å². The van der Waals surface area contributed by atoms with Crippen LogP contribution in [0.25, 0.3) is 11.4 Å². The Labute approximate surface area is 194 Å². The number of unbranched alkanes of at least 4 members (excludes halogenated alkanes) is 1. The van der Waals surface area contributed by atoms with Gasteiger partial charge in [-0.1, -0.05) is 49.2 Å². The second kappa shape index (κ2) is 10.4. The molecule has 0 aliphatic heterocycles. The lowest BCUT2D eigenvalue weighted by Gasteiger charge is -2.11. The molecule has 0 bridgehead atoms. The van der Waals surface area contributed by atoms with Crippen LogP contribution in [0.1, 0.15) is 36.7 Å². The first-order chi connectivity index (χ1) is 16.1. The van der Waals surface area contributed by atoms with E-state index >= 15 is 0 Å². The molecule has 11 heteroatoms. The minimum absolute atomic E-state index is 0.272. The van der Waals surface area contributed by atoms with E-state index in [0.717, 1.165) is 28.7 Å². The topological polar surface area (TPSA) is 124 Å². The van der Waals surface area contributed by atoms with E-state index in [-0.39, 0.29) is 12.3 Å². The third-order valence-electron chi connectivity index (χ3n) is 5.21. The van der Waals surface area contributed by atoms with Gasteiger partial charge in [-0.05, 0) is 35.4 Å². The van der Waals surface area contributed by atoms with Crippen LogP contribution < -0.4 is 10.4 Å². The van der Waals surface area contributed by atoms with Gasteiger partial charge in [0.2, 0.25) is 5.82 Å². The van der Waals surface area contributed by atoms with Crippen molar-refractivity contribution in [2.75, 3.05) is 0 Å². The standard InChI is InChI=1S/C22H24ClN7O3/c1-2-3-7-19-26-30(14-31)22(32)29(19)12-15-8-10-17(11-9-15)33-13-16-5-4-6-18(20(16)23)21-24-27-28-25-21/h4-6,8-11,31H,2-3,7,12-14H2,1H3,(H,24,25,27,28). The maximum absolute atomic E-state index is 12.5. The highest BCUT2D eigenvalue weighted by Gasteiger charge is 2.14. The van der Waals surface area contributed by atoms with Gasteiger partial charge in [-0.3, -0.25) is 4.57 Å². The number of nitrogens with one attached hydrogen (secondary N) is 1. The van der Waals surface area contributed by atoms with Crippen molar-refractivity contribution in [3.05, 3.63) is 74.9 Å². The summed E-state index contributed by atoms with van der Waals surface area (Å²) in [6, 6.07) is 13.1. The number of aromatic amines is 1. The second-order valence-corrected chi connectivity index (χ2v) is 7.85. The molecule has 0 atom stereocenters. The number of rotatable bonds is 10. The number of halogens is 1. The fourth-order valence-corrected chi connectivity index (χ4v) is 3.70. The number of tetrazole rings is 1. The molecular formula is C22H24ClN7O3. The number of nitrogens with zero attached hydrogens (tertiary/aromatic N) is 6. The van der Waals surface area contributed by atoms with E-state index in [4.69, 9.17) is 16.3 Å². The summed E-state index contributed by atoms with van der Waals surface area (Å²) in [7, 11) is 0. The zero-order valence-electron chi connectivity index (χ0n) is 18.1. The molecule has 0 fully saturated rings. The first-order valence-corrected chi connectivity index (χ1v) is 11.0. The molecule has 2 N–H and O–H groups in total. The lowest BCUT2D eigenvalue weighted by Crippen LogP contribution is -2.26. The van der Waals surface area contributed by atoms with E-state index in [0.29, 0.717) is 40.9 Å². The number of aryl methyl sites for hydroxylation is 1. The molecule has 2 aromatic heterocycles. The molecule has 4 aromatic rings. The Hall–Kier alpha value is -3.50. The Kier molecular flexibility index (Phi) is 7.16. The Morgan fingerprint density at radius 2 is 2.00 bits per heavy atom. The monoisotopic (exact) mass is 469 g/mol. The lowest BCUT2D eigenvalue weighted by molar-refractivity contribution is 0.189. The summed E-state index contributed by atoms with van der Waals surface area (Å²) >= 11 is 6.50. The van der Waals surface area contributed by atoms with Crippen LogP contribution in [0.2, 0.25) is 5.02 Å². The number of aromatic nitrogens is 7. The van der Waals surface area contributed by atoms with Crippen molar-refractivity contribution < 1.29 is 9.84 Å². The maximum Gasteiger partial charge on any atom is 0.348 e. The molecule has 2 aromatic carbocycles. The summed E-state index contributed by atoms with van der Waals surface area (Å²) in [5.41, 5.74) is 2.08. The summed E-state index contributed by atoms with van der Waals surface area (Å²) in [5.74, 6) is 1.76. The van der Waals surface area contributed by atoms with Gasteiger partial charge in [0.25, 0.3) is 0 Å². The van der Waals surface area contributed by atoms with Crippen molar-refractivity contribution in [3.63, 3.8) is 0 Å². The van der Waals surface area contributed by atoms with Crippen LogP contribution >= 0.6 is 11.6 Å². The molecule has 0 saturated heterocycles. The molecular weight excluding hydrogens is 446 g/mol. The first kappa shape index (κ1) is 22.7. The summed E-state index contributed by atoms with van der Waals surface area (Å²) in [6.45, 7) is 2.29. The van der Waals surface area contributed by atoms with Crippen molar-refractivity contribution in [2.45, 2.75) is 46.1 Å². The molecule has 4 rings (SSSR count). The Balaban J connectivity index is 1.44. The smallest absolute Gasteiger partial charge is 0.348 e. The zero-order valence-corrected chi connectivity index (χ0v) is 18.9. The third-order valence-corrected chi connectivity index (χ3v) is 5.66. The maximum atomic E-state index is 12.5. The Morgan fingerprint density at radius 3 is 2.70 bits per heavy atom. The molecule has 0 aliphatic carbocycles. The van der Waals surface area contributed by atoms with Gasteiger partial charge in [0.15, 0.2) is 0 Å². The molecule has 10 nitrogen and oxygen atoms in total. The van der Waals surface area contributed by atoms with E-state index in [9.17, 15) is 9.90 Å². The van der Waals surface area contributed by atoms with Gasteiger partial charge in [0.05, 0.1) is 11.6 Å². The number of hydrogen-bond donors (Lipinski definition) is 2. The molecule has 0 saturated carbocycles. The van der Waals surface area contributed by atoms with Crippen LogP contribution in [0.5, 0.6) is 5.75 Å².